The molecule has 0 spiro atoms. The van der Waals surface area contributed by atoms with Crippen molar-refractivity contribution in [1.82, 2.24) is 14.9 Å². The Labute approximate surface area is 123 Å². The number of aliphatic hydroxyl groups is 1. The highest BCUT2D eigenvalue weighted by Crippen LogP contribution is 2.23. The lowest BCUT2D eigenvalue weighted by Crippen LogP contribution is -2.38. The second-order valence-electron chi connectivity index (χ2n) is 4.99. The first kappa shape index (κ1) is 15.4. The minimum Gasteiger partial charge on any atom is -0.473 e. The van der Waals surface area contributed by atoms with Gasteiger partial charge in [0.1, 0.15) is 11.3 Å². The summed E-state index contributed by atoms with van der Waals surface area (Å²) in [7, 11) is 3.45. The minimum absolute atomic E-state index is 0.0130. The number of rotatable bonds is 5. The van der Waals surface area contributed by atoms with E-state index in [1.807, 2.05) is 6.92 Å². The molecule has 0 saturated carbocycles. The molecule has 0 bridgehead atoms. The summed E-state index contributed by atoms with van der Waals surface area (Å²) < 4.78 is 10.6. The van der Waals surface area contributed by atoms with E-state index in [1.54, 1.807) is 6.07 Å². The largest absolute Gasteiger partial charge is 0.473 e. The number of hydrogen-bond donors (Lipinski definition) is 1. The monoisotopic (exact) mass is 301 g/mol. The Balaban J connectivity index is 2.10. The fraction of sp³-hybridized carbons (Fsp3) is 0.692. The van der Waals surface area contributed by atoms with Crippen molar-refractivity contribution in [3.05, 3.63) is 17.0 Å². The van der Waals surface area contributed by atoms with Gasteiger partial charge in [0, 0.05) is 19.2 Å². The van der Waals surface area contributed by atoms with Crippen LogP contribution in [0.4, 0.5) is 0 Å². The number of aliphatic hydroxyl groups excluding tert-OH is 1. The van der Waals surface area contributed by atoms with Crippen LogP contribution >= 0.6 is 11.6 Å². The predicted molar refractivity (Wildman–Crippen MR) is 74.8 cm³/mol. The summed E-state index contributed by atoms with van der Waals surface area (Å²) in [6.07, 6.45) is 1.05. The Kier molecular flexibility index (Phi) is 5.15. The summed E-state index contributed by atoms with van der Waals surface area (Å²) in [5.41, 5.74) is 0. The number of hydrogen-bond acceptors (Lipinski definition) is 6. The van der Waals surface area contributed by atoms with Gasteiger partial charge >= 0.3 is 0 Å². The highest BCUT2D eigenvalue weighted by Gasteiger charge is 2.28. The number of ether oxygens (including phenoxy) is 2. The summed E-state index contributed by atoms with van der Waals surface area (Å²) >= 11 is 5.91. The molecule has 7 heteroatoms. The standard InChI is InChI=1S/C13H20ClN3O3/c1-8(9-5-4-6-17(9)2)20-11-7-10(14)15-12(16-11)13(18)19-3/h7-9,13,18H,4-6H2,1-3H3/t8-,9-,13?/m0/s1. The number of likely N-dealkylation sites (tertiary alicyclic amines) is 1. The molecule has 1 unspecified atom stereocenters. The smallest absolute Gasteiger partial charge is 0.218 e. The Morgan fingerprint density at radius 3 is 2.85 bits per heavy atom. The molecule has 20 heavy (non-hydrogen) atoms. The highest BCUT2D eigenvalue weighted by atomic mass is 35.5. The van der Waals surface area contributed by atoms with Crippen molar-refractivity contribution in [2.75, 3.05) is 20.7 Å². The Morgan fingerprint density at radius 1 is 1.50 bits per heavy atom. The number of methoxy groups -OCH3 is 1. The van der Waals surface area contributed by atoms with Gasteiger partial charge in [-0.05, 0) is 33.4 Å². The van der Waals surface area contributed by atoms with E-state index in [-0.39, 0.29) is 17.1 Å². The average Bonchev–Trinajstić information content (AvgIpc) is 2.83. The second-order valence-corrected chi connectivity index (χ2v) is 5.38. The molecule has 0 amide bonds. The van der Waals surface area contributed by atoms with E-state index < -0.39 is 6.29 Å². The van der Waals surface area contributed by atoms with Gasteiger partial charge in [0.25, 0.3) is 0 Å². The van der Waals surface area contributed by atoms with E-state index in [0.717, 1.165) is 13.0 Å². The van der Waals surface area contributed by atoms with Crippen LogP contribution in [0, 0.1) is 0 Å². The Bertz CT molecular complexity index is 460. The molecule has 6 nitrogen and oxygen atoms in total. The van der Waals surface area contributed by atoms with Crippen LogP contribution in [0.5, 0.6) is 5.88 Å². The van der Waals surface area contributed by atoms with Crippen LogP contribution in [0.3, 0.4) is 0 Å². The second kappa shape index (κ2) is 6.67. The van der Waals surface area contributed by atoms with Crippen LogP contribution in [0.2, 0.25) is 5.15 Å². The molecule has 1 aromatic heterocycles. The van der Waals surface area contributed by atoms with Gasteiger partial charge in [-0.1, -0.05) is 11.6 Å². The maximum Gasteiger partial charge on any atom is 0.218 e. The quantitative estimate of drug-likeness (QED) is 0.658. The number of aromatic nitrogens is 2. The van der Waals surface area contributed by atoms with E-state index in [2.05, 4.69) is 21.9 Å². The Morgan fingerprint density at radius 2 is 2.25 bits per heavy atom. The molecule has 112 valence electrons. The molecule has 1 aliphatic rings. The van der Waals surface area contributed by atoms with Gasteiger partial charge in [-0.25, -0.2) is 4.98 Å². The molecule has 1 fully saturated rings. The third-order valence-corrected chi connectivity index (χ3v) is 3.75. The first-order valence-corrected chi connectivity index (χ1v) is 7.01. The summed E-state index contributed by atoms with van der Waals surface area (Å²) in [5, 5.41) is 9.81. The molecular formula is C13H20ClN3O3. The maximum absolute atomic E-state index is 9.60. The van der Waals surface area contributed by atoms with E-state index in [9.17, 15) is 5.11 Å². The molecule has 1 aromatic rings. The van der Waals surface area contributed by atoms with Crippen LogP contribution < -0.4 is 4.74 Å². The Hall–Kier alpha value is -0.950. The zero-order valence-corrected chi connectivity index (χ0v) is 12.7. The molecule has 0 radical (unpaired) electrons. The highest BCUT2D eigenvalue weighted by molar-refractivity contribution is 6.29. The summed E-state index contributed by atoms with van der Waals surface area (Å²) in [6.45, 7) is 3.09. The molecule has 3 atom stereocenters. The van der Waals surface area contributed by atoms with Crippen molar-refractivity contribution < 1.29 is 14.6 Å². The predicted octanol–water partition coefficient (Wildman–Crippen LogP) is 1.63. The van der Waals surface area contributed by atoms with E-state index in [4.69, 9.17) is 21.1 Å². The lowest BCUT2D eigenvalue weighted by Gasteiger charge is -2.26. The lowest BCUT2D eigenvalue weighted by atomic mass is 10.1. The fourth-order valence-corrected chi connectivity index (χ4v) is 2.67. The SMILES string of the molecule is COC(O)c1nc(Cl)cc(O[C@@H](C)[C@@H]2CCCN2C)n1. The fourth-order valence-electron chi connectivity index (χ4n) is 2.49. The molecule has 1 N–H and O–H groups in total. The number of halogens is 1. The van der Waals surface area contributed by atoms with E-state index in [1.165, 1.54) is 13.5 Å². The minimum atomic E-state index is -1.21. The van der Waals surface area contributed by atoms with E-state index in [0.29, 0.717) is 11.9 Å². The molecular weight excluding hydrogens is 282 g/mol. The third-order valence-electron chi connectivity index (χ3n) is 3.56. The first-order valence-electron chi connectivity index (χ1n) is 6.63. The van der Waals surface area contributed by atoms with Gasteiger partial charge in [-0.2, -0.15) is 4.98 Å². The van der Waals surface area contributed by atoms with Crippen molar-refractivity contribution in [2.45, 2.75) is 38.2 Å². The normalized spacial score (nSPS) is 22.8. The van der Waals surface area contributed by atoms with Crippen molar-refractivity contribution in [3.8, 4) is 5.88 Å². The van der Waals surface area contributed by atoms with Gasteiger partial charge in [0.15, 0.2) is 5.82 Å². The van der Waals surface area contributed by atoms with Crippen LogP contribution in [-0.4, -0.2) is 52.8 Å². The van der Waals surface area contributed by atoms with Crippen LogP contribution in [0.15, 0.2) is 6.07 Å². The molecule has 2 rings (SSSR count). The van der Waals surface area contributed by atoms with Gasteiger partial charge < -0.3 is 14.6 Å². The summed E-state index contributed by atoms with van der Waals surface area (Å²) in [4.78, 5) is 10.3. The number of likely N-dealkylation sites (N-methyl/N-ethyl adjacent to an activating group) is 1. The first-order chi connectivity index (χ1) is 9.51. The van der Waals surface area contributed by atoms with Crippen LogP contribution in [0.25, 0.3) is 0 Å². The zero-order valence-electron chi connectivity index (χ0n) is 11.9. The molecule has 0 aromatic carbocycles. The lowest BCUT2D eigenvalue weighted by molar-refractivity contribution is -0.0834. The van der Waals surface area contributed by atoms with Crippen molar-refractivity contribution in [2.24, 2.45) is 0 Å². The molecule has 0 aliphatic carbocycles. The topological polar surface area (TPSA) is 67.7 Å². The molecule has 1 aliphatic heterocycles. The van der Waals surface area contributed by atoms with Gasteiger partial charge in [-0.15, -0.1) is 0 Å². The van der Waals surface area contributed by atoms with Crippen molar-refractivity contribution in [3.63, 3.8) is 0 Å². The maximum atomic E-state index is 9.60. The van der Waals surface area contributed by atoms with Crippen molar-refractivity contribution >= 4 is 11.6 Å². The van der Waals surface area contributed by atoms with Gasteiger partial charge in [-0.3, -0.25) is 4.90 Å². The van der Waals surface area contributed by atoms with Crippen LogP contribution in [-0.2, 0) is 4.74 Å². The van der Waals surface area contributed by atoms with E-state index >= 15 is 0 Å². The number of nitrogens with zero attached hydrogens (tertiary/aromatic N) is 3. The van der Waals surface area contributed by atoms with Crippen LogP contribution in [0.1, 0.15) is 31.9 Å². The molecule has 1 saturated heterocycles. The van der Waals surface area contributed by atoms with Gasteiger partial charge in [0.2, 0.25) is 12.2 Å². The molecule has 2 heterocycles. The third kappa shape index (κ3) is 3.58. The summed E-state index contributed by atoms with van der Waals surface area (Å²) in [6, 6.07) is 1.90. The van der Waals surface area contributed by atoms with Crippen molar-refractivity contribution in [1.29, 1.82) is 0 Å². The zero-order chi connectivity index (χ0) is 14.7. The van der Waals surface area contributed by atoms with Gasteiger partial charge in [0.05, 0.1) is 0 Å². The summed E-state index contributed by atoms with van der Waals surface area (Å²) in [5.74, 6) is 0.450. The average molecular weight is 302 g/mol.